The van der Waals surface area contributed by atoms with Crippen molar-refractivity contribution in [3.8, 4) is 0 Å². The van der Waals surface area contributed by atoms with E-state index in [-0.39, 0.29) is 11.9 Å². The average molecular weight is 364 g/mol. The van der Waals surface area contributed by atoms with E-state index in [4.69, 9.17) is 9.15 Å². The van der Waals surface area contributed by atoms with Crippen molar-refractivity contribution < 1.29 is 13.9 Å². The molecule has 5 heteroatoms. The highest BCUT2D eigenvalue weighted by Crippen LogP contribution is 2.22. The van der Waals surface area contributed by atoms with Crippen molar-refractivity contribution in [2.75, 3.05) is 32.8 Å². The van der Waals surface area contributed by atoms with Crippen LogP contribution in [0.1, 0.15) is 17.2 Å². The summed E-state index contributed by atoms with van der Waals surface area (Å²) in [7, 11) is 0. The Morgan fingerprint density at radius 3 is 2.59 bits per heavy atom. The van der Waals surface area contributed by atoms with Crippen molar-refractivity contribution in [1.82, 2.24) is 10.2 Å². The predicted molar refractivity (Wildman–Crippen MR) is 105 cm³/mol. The first-order chi connectivity index (χ1) is 13.3. The van der Waals surface area contributed by atoms with Crippen LogP contribution < -0.4 is 5.32 Å². The highest BCUT2D eigenvalue weighted by molar-refractivity contribution is 5.87. The van der Waals surface area contributed by atoms with Crippen molar-refractivity contribution in [3.63, 3.8) is 0 Å². The number of nitrogens with one attached hydrogen (secondary N) is 1. The number of hydrogen-bond acceptors (Lipinski definition) is 4. The molecule has 0 saturated carbocycles. The summed E-state index contributed by atoms with van der Waals surface area (Å²) < 4.78 is 11.0. The molecule has 0 spiro atoms. The lowest BCUT2D eigenvalue weighted by Crippen LogP contribution is -2.44. The molecule has 4 rings (SSSR count). The Morgan fingerprint density at radius 1 is 1.04 bits per heavy atom. The number of carbonyl (C=O) groups excluding carboxylic acids is 1. The first kappa shape index (κ1) is 17.8. The van der Waals surface area contributed by atoms with E-state index in [9.17, 15) is 4.79 Å². The number of furan rings is 1. The number of amides is 1. The zero-order valence-corrected chi connectivity index (χ0v) is 15.3. The second kappa shape index (κ2) is 8.37. The molecular formula is C22H24N2O3. The van der Waals surface area contributed by atoms with Crippen LogP contribution in [0.4, 0.5) is 0 Å². The number of fused-ring (bicyclic) bond motifs is 1. The maximum atomic E-state index is 12.6. The molecule has 1 N–H and O–H groups in total. The Labute approximate surface area is 158 Å². The molecule has 1 aromatic heterocycles. The van der Waals surface area contributed by atoms with Crippen LogP contribution in [0, 0.1) is 0 Å². The topological polar surface area (TPSA) is 54.7 Å². The van der Waals surface area contributed by atoms with Gasteiger partial charge in [-0.05, 0) is 11.6 Å². The molecule has 1 aliphatic rings. The SMILES string of the molecule is O=C(Cc1coc2ccccc12)NCC(c1ccccc1)N1CCOCC1. The van der Waals surface area contributed by atoms with Crippen LogP contribution >= 0.6 is 0 Å². The van der Waals surface area contributed by atoms with E-state index >= 15 is 0 Å². The van der Waals surface area contributed by atoms with E-state index in [1.54, 1.807) is 6.26 Å². The van der Waals surface area contributed by atoms with E-state index < -0.39 is 0 Å². The normalized spacial score (nSPS) is 16.3. The fraction of sp³-hybridized carbons (Fsp3) is 0.318. The lowest BCUT2D eigenvalue weighted by atomic mass is 10.0. The van der Waals surface area contributed by atoms with Gasteiger partial charge in [0.05, 0.1) is 31.9 Å². The molecule has 0 radical (unpaired) electrons. The maximum absolute atomic E-state index is 12.6. The van der Waals surface area contributed by atoms with E-state index in [1.807, 2.05) is 42.5 Å². The molecule has 1 fully saturated rings. The molecule has 1 saturated heterocycles. The first-order valence-electron chi connectivity index (χ1n) is 9.40. The van der Waals surface area contributed by atoms with Crippen molar-refractivity contribution in [3.05, 3.63) is 72.0 Å². The van der Waals surface area contributed by atoms with Crippen LogP contribution in [0.2, 0.25) is 0 Å². The van der Waals surface area contributed by atoms with Crippen LogP contribution in [0.25, 0.3) is 11.0 Å². The van der Waals surface area contributed by atoms with Gasteiger partial charge in [-0.3, -0.25) is 9.69 Å². The zero-order chi connectivity index (χ0) is 18.5. The van der Waals surface area contributed by atoms with Gasteiger partial charge >= 0.3 is 0 Å². The number of rotatable bonds is 6. The molecule has 5 nitrogen and oxygen atoms in total. The average Bonchev–Trinajstić information content (AvgIpc) is 3.13. The monoisotopic (exact) mass is 364 g/mol. The number of nitrogens with zero attached hydrogens (tertiary/aromatic N) is 1. The molecule has 1 aliphatic heterocycles. The van der Waals surface area contributed by atoms with Gasteiger partial charge in [0.25, 0.3) is 0 Å². The highest BCUT2D eigenvalue weighted by atomic mass is 16.5. The summed E-state index contributed by atoms with van der Waals surface area (Å²) in [4.78, 5) is 15.0. The third-order valence-electron chi connectivity index (χ3n) is 5.08. The Kier molecular flexibility index (Phi) is 5.51. The molecular weight excluding hydrogens is 340 g/mol. The smallest absolute Gasteiger partial charge is 0.224 e. The summed E-state index contributed by atoms with van der Waals surface area (Å²) in [6, 6.07) is 18.3. The number of ether oxygens (including phenoxy) is 1. The van der Waals surface area contributed by atoms with Gasteiger partial charge in [0.15, 0.2) is 0 Å². The van der Waals surface area contributed by atoms with Gasteiger partial charge in [-0.1, -0.05) is 48.5 Å². The third-order valence-corrected chi connectivity index (χ3v) is 5.08. The molecule has 0 aliphatic carbocycles. The zero-order valence-electron chi connectivity index (χ0n) is 15.3. The fourth-order valence-electron chi connectivity index (χ4n) is 3.64. The number of benzene rings is 2. The molecule has 1 amide bonds. The van der Waals surface area contributed by atoms with E-state index in [0.29, 0.717) is 13.0 Å². The van der Waals surface area contributed by atoms with Crippen molar-refractivity contribution >= 4 is 16.9 Å². The van der Waals surface area contributed by atoms with E-state index in [1.165, 1.54) is 5.56 Å². The van der Waals surface area contributed by atoms with E-state index in [2.05, 4.69) is 22.3 Å². The number of morpholine rings is 1. The molecule has 1 atom stereocenters. The molecule has 27 heavy (non-hydrogen) atoms. The van der Waals surface area contributed by atoms with Gasteiger partial charge in [0, 0.05) is 30.6 Å². The van der Waals surface area contributed by atoms with Crippen molar-refractivity contribution in [1.29, 1.82) is 0 Å². The summed E-state index contributed by atoms with van der Waals surface area (Å²) in [5, 5.41) is 4.12. The fourth-order valence-corrected chi connectivity index (χ4v) is 3.64. The van der Waals surface area contributed by atoms with Gasteiger partial charge < -0.3 is 14.5 Å². The van der Waals surface area contributed by atoms with Gasteiger partial charge in [-0.25, -0.2) is 0 Å². The minimum atomic E-state index is 0.00995. The van der Waals surface area contributed by atoms with Crippen molar-refractivity contribution in [2.24, 2.45) is 0 Å². The summed E-state index contributed by atoms with van der Waals surface area (Å²) in [5.41, 5.74) is 2.95. The third kappa shape index (κ3) is 4.21. The Hall–Kier alpha value is -2.63. The summed E-state index contributed by atoms with van der Waals surface area (Å²) >= 11 is 0. The summed E-state index contributed by atoms with van der Waals surface area (Å²) in [5.74, 6) is 0.00995. The molecule has 3 aromatic rings. The summed E-state index contributed by atoms with van der Waals surface area (Å²) in [6.45, 7) is 3.80. The van der Waals surface area contributed by atoms with Gasteiger partial charge in [0.1, 0.15) is 5.58 Å². The Balaban J connectivity index is 1.43. The molecule has 2 aromatic carbocycles. The van der Waals surface area contributed by atoms with Crippen LogP contribution in [0.15, 0.2) is 65.3 Å². The first-order valence-corrected chi connectivity index (χ1v) is 9.40. The van der Waals surface area contributed by atoms with E-state index in [0.717, 1.165) is 42.8 Å². The molecule has 1 unspecified atom stereocenters. The van der Waals surface area contributed by atoms with Crippen LogP contribution in [-0.2, 0) is 16.0 Å². The van der Waals surface area contributed by atoms with Gasteiger partial charge in [0.2, 0.25) is 5.91 Å². The number of hydrogen-bond donors (Lipinski definition) is 1. The maximum Gasteiger partial charge on any atom is 0.224 e. The van der Waals surface area contributed by atoms with Crippen LogP contribution in [0.3, 0.4) is 0 Å². The minimum absolute atomic E-state index is 0.00995. The molecule has 140 valence electrons. The molecule has 2 heterocycles. The van der Waals surface area contributed by atoms with Crippen LogP contribution in [0.5, 0.6) is 0 Å². The van der Waals surface area contributed by atoms with Crippen LogP contribution in [-0.4, -0.2) is 43.7 Å². The lowest BCUT2D eigenvalue weighted by Gasteiger charge is -2.35. The second-order valence-electron chi connectivity index (χ2n) is 6.81. The molecule has 0 bridgehead atoms. The largest absolute Gasteiger partial charge is 0.464 e. The summed E-state index contributed by atoms with van der Waals surface area (Å²) in [6.07, 6.45) is 2.00. The standard InChI is InChI=1S/C22H24N2O3/c25-22(14-18-16-27-21-9-5-4-8-19(18)21)23-15-20(17-6-2-1-3-7-17)24-10-12-26-13-11-24/h1-9,16,20H,10-15H2,(H,23,25). The minimum Gasteiger partial charge on any atom is -0.464 e. The van der Waals surface area contributed by atoms with Crippen molar-refractivity contribution in [2.45, 2.75) is 12.5 Å². The second-order valence-corrected chi connectivity index (χ2v) is 6.81. The Bertz CT molecular complexity index is 885. The number of carbonyl (C=O) groups is 1. The quantitative estimate of drug-likeness (QED) is 0.730. The highest BCUT2D eigenvalue weighted by Gasteiger charge is 2.23. The predicted octanol–water partition coefficient (Wildman–Crippen LogP) is 3.17. The van der Waals surface area contributed by atoms with Gasteiger partial charge in [-0.15, -0.1) is 0 Å². The Morgan fingerprint density at radius 2 is 1.78 bits per heavy atom. The lowest BCUT2D eigenvalue weighted by molar-refractivity contribution is -0.120. The number of para-hydroxylation sites is 1. The van der Waals surface area contributed by atoms with Gasteiger partial charge in [-0.2, -0.15) is 0 Å².